The monoisotopic (exact) mass is 314 g/mol. The van der Waals surface area contributed by atoms with E-state index in [1.807, 2.05) is 20.8 Å². The van der Waals surface area contributed by atoms with Crippen molar-refractivity contribution < 1.29 is 18.8 Å². The number of amides is 1. The summed E-state index contributed by atoms with van der Waals surface area (Å²) in [6, 6.07) is 1.65. The van der Waals surface area contributed by atoms with Gasteiger partial charge in [-0.25, -0.2) is 0 Å². The molecule has 0 spiro atoms. The number of anilines is 1. The van der Waals surface area contributed by atoms with Gasteiger partial charge in [0, 0.05) is 11.8 Å². The molecule has 0 aromatic carbocycles. The summed E-state index contributed by atoms with van der Waals surface area (Å²) in [5.41, 5.74) is 0.227. The molecule has 1 aromatic heterocycles. The molecule has 7 heteroatoms. The van der Waals surface area contributed by atoms with Crippen molar-refractivity contribution in [3.8, 4) is 0 Å². The molecule has 0 bridgehead atoms. The topological polar surface area (TPSA) is 81.4 Å². The van der Waals surface area contributed by atoms with Crippen molar-refractivity contribution in [2.45, 2.75) is 51.9 Å². The van der Waals surface area contributed by atoms with Crippen molar-refractivity contribution in [3.05, 3.63) is 11.8 Å². The fourth-order valence-corrected chi connectivity index (χ4v) is 2.28. The number of nitrogens with zero attached hydrogens (tertiary/aromatic N) is 1. The zero-order chi connectivity index (χ0) is 16.0. The number of thioether (sulfide) groups is 1. The van der Waals surface area contributed by atoms with Crippen LogP contribution in [-0.4, -0.2) is 33.6 Å². The molecule has 0 saturated carbocycles. The number of nitrogens with one attached hydrogen (secondary N) is 1. The van der Waals surface area contributed by atoms with Crippen LogP contribution in [0.15, 0.2) is 10.6 Å². The Hall–Kier alpha value is -1.50. The molecule has 1 rings (SSSR count). The van der Waals surface area contributed by atoms with Gasteiger partial charge in [-0.3, -0.25) is 14.9 Å². The first-order chi connectivity index (χ1) is 9.67. The van der Waals surface area contributed by atoms with Crippen molar-refractivity contribution in [2.75, 3.05) is 11.1 Å². The second-order valence-electron chi connectivity index (χ2n) is 5.67. The van der Waals surface area contributed by atoms with Crippen LogP contribution in [0.1, 0.15) is 39.8 Å². The number of aryl methyl sites for hydroxylation is 1. The van der Waals surface area contributed by atoms with Crippen LogP contribution in [0, 0.1) is 6.92 Å². The molecule has 0 aliphatic carbocycles. The molecule has 1 heterocycles. The molecule has 0 fully saturated rings. The van der Waals surface area contributed by atoms with Crippen LogP contribution in [0.3, 0.4) is 0 Å². The van der Waals surface area contributed by atoms with Gasteiger partial charge < -0.3 is 9.26 Å². The molecule has 1 aromatic rings. The Morgan fingerprint density at radius 1 is 1.48 bits per heavy atom. The number of aromatic nitrogens is 1. The minimum atomic E-state index is -0.477. The van der Waals surface area contributed by atoms with Crippen molar-refractivity contribution in [2.24, 2.45) is 0 Å². The Bertz CT molecular complexity index is 493. The summed E-state index contributed by atoms with van der Waals surface area (Å²) in [4.78, 5) is 23.4. The lowest BCUT2D eigenvalue weighted by Crippen LogP contribution is -2.25. The van der Waals surface area contributed by atoms with E-state index in [1.54, 1.807) is 19.9 Å². The maximum Gasteiger partial charge on any atom is 0.307 e. The van der Waals surface area contributed by atoms with Crippen molar-refractivity contribution in [3.63, 3.8) is 0 Å². The van der Waals surface area contributed by atoms with Gasteiger partial charge in [-0.05, 0) is 34.6 Å². The number of esters is 1. The number of ether oxygens (including phenoxy) is 1. The van der Waals surface area contributed by atoms with Crippen molar-refractivity contribution in [1.82, 2.24) is 5.16 Å². The fourth-order valence-electron chi connectivity index (χ4n) is 1.43. The smallest absolute Gasteiger partial charge is 0.307 e. The first-order valence-corrected chi connectivity index (χ1v) is 7.80. The largest absolute Gasteiger partial charge is 0.460 e. The molecule has 1 N–H and O–H groups in total. The number of rotatable bonds is 6. The van der Waals surface area contributed by atoms with E-state index in [2.05, 4.69) is 10.5 Å². The first kappa shape index (κ1) is 17.6. The third-order valence-corrected chi connectivity index (χ3v) is 3.49. The molecular formula is C14H22N2O4S. The van der Waals surface area contributed by atoms with Gasteiger partial charge in [0.15, 0.2) is 0 Å². The van der Waals surface area contributed by atoms with Crippen LogP contribution in [0.5, 0.6) is 0 Å². The van der Waals surface area contributed by atoms with Gasteiger partial charge in [0.05, 0.1) is 17.4 Å². The molecule has 118 valence electrons. The van der Waals surface area contributed by atoms with Gasteiger partial charge in [-0.15, -0.1) is 11.8 Å². The summed E-state index contributed by atoms with van der Waals surface area (Å²) >= 11 is 1.39. The molecule has 0 aliphatic rings. The second kappa shape index (κ2) is 7.49. The van der Waals surface area contributed by atoms with Gasteiger partial charge >= 0.3 is 5.97 Å². The normalized spacial score (nSPS) is 12.8. The van der Waals surface area contributed by atoms with Gasteiger partial charge in [-0.2, -0.15) is 0 Å². The molecule has 21 heavy (non-hydrogen) atoms. The van der Waals surface area contributed by atoms with E-state index in [4.69, 9.17) is 9.26 Å². The number of carbonyl (C=O) groups excluding carboxylic acids is 2. The Morgan fingerprint density at radius 3 is 2.67 bits per heavy atom. The van der Waals surface area contributed by atoms with Gasteiger partial charge in [-0.1, -0.05) is 5.16 Å². The lowest BCUT2D eigenvalue weighted by Gasteiger charge is -2.19. The predicted molar refractivity (Wildman–Crippen MR) is 82.3 cm³/mol. The van der Waals surface area contributed by atoms with Crippen molar-refractivity contribution >= 4 is 29.5 Å². The summed E-state index contributed by atoms with van der Waals surface area (Å²) in [6.07, 6.45) is 0.279. The van der Waals surface area contributed by atoms with Crippen LogP contribution in [0.25, 0.3) is 0 Å². The summed E-state index contributed by atoms with van der Waals surface area (Å²) in [6.45, 7) is 9.03. The van der Waals surface area contributed by atoms with Crippen LogP contribution in [0.2, 0.25) is 0 Å². The van der Waals surface area contributed by atoms with Crippen LogP contribution < -0.4 is 5.32 Å². The van der Waals surface area contributed by atoms with E-state index in [0.717, 1.165) is 0 Å². The van der Waals surface area contributed by atoms with E-state index < -0.39 is 5.60 Å². The quantitative estimate of drug-likeness (QED) is 0.813. The Balaban J connectivity index is 2.28. The maximum absolute atomic E-state index is 11.9. The minimum Gasteiger partial charge on any atom is -0.460 e. The van der Waals surface area contributed by atoms with Crippen LogP contribution in [-0.2, 0) is 14.3 Å². The summed E-state index contributed by atoms with van der Waals surface area (Å²) in [7, 11) is 0. The molecule has 1 atom stereocenters. The lowest BCUT2D eigenvalue weighted by atomic mass is 10.2. The molecular weight excluding hydrogens is 292 g/mol. The Morgan fingerprint density at radius 2 is 2.14 bits per heavy atom. The van der Waals surface area contributed by atoms with E-state index in [0.29, 0.717) is 17.3 Å². The number of carbonyl (C=O) groups is 2. The second-order valence-corrected chi connectivity index (χ2v) is 7.12. The zero-order valence-corrected chi connectivity index (χ0v) is 13.9. The first-order valence-electron chi connectivity index (χ1n) is 6.75. The number of hydrogen-bond acceptors (Lipinski definition) is 6. The van der Waals surface area contributed by atoms with Crippen LogP contribution in [0.4, 0.5) is 5.88 Å². The van der Waals surface area contributed by atoms with E-state index >= 15 is 0 Å². The van der Waals surface area contributed by atoms with E-state index in [9.17, 15) is 9.59 Å². The predicted octanol–water partition coefficient (Wildman–Crippen LogP) is 2.78. The van der Waals surface area contributed by atoms with Crippen molar-refractivity contribution in [1.29, 1.82) is 0 Å². The fraction of sp³-hybridized carbons (Fsp3) is 0.643. The molecule has 0 saturated heterocycles. The highest BCUT2D eigenvalue weighted by molar-refractivity contribution is 8.00. The highest BCUT2D eigenvalue weighted by Gasteiger charge is 2.18. The molecule has 0 aliphatic heterocycles. The van der Waals surface area contributed by atoms with Gasteiger partial charge in [0.25, 0.3) is 0 Å². The van der Waals surface area contributed by atoms with E-state index in [1.165, 1.54) is 11.8 Å². The minimum absolute atomic E-state index is 0.180. The Labute approximate surface area is 129 Å². The van der Waals surface area contributed by atoms with Crippen LogP contribution >= 0.6 is 11.8 Å². The SMILES string of the molecule is Cc1cc(NC(=O)[C@H](C)SCCC(=O)OC(C)(C)C)on1. The zero-order valence-electron chi connectivity index (χ0n) is 13.1. The van der Waals surface area contributed by atoms with Gasteiger partial charge in [0.1, 0.15) is 5.60 Å². The highest BCUT2D eigenvalue weighted by Crippen LogP contribution is 2.17. The lowest BCUT2D eigenvalue weighted by molar-refractivity contribution is -0.154. The third kappa shape index (κ3) is 7.17. The van der Waals surface area contributed by atoms with Gasteiger partial charge in [0.2, 0.25) is 11.8 Å². The Kier molecular flexibility index (Phi) is 6.26. The average molecular weight is 314 g/mol. The molecule has 0 unspecified atom stereocenters. The summed E-state index contributed by atoms with van der Waals surface area (Å²) < 4.78 is 10.1. The number of hydrogen-bond donors (Lipinski definition) is 1. The molecule has 6 nitrogen and oxygen atoms in total. The van der Waals surface area contributed by atoms with E-state index in [-0.39, 0.29) is 23.5 Å². The standard InChI is InChI=1S/C14H22N2O4S/c1-9-8-11(20-16-9)15-13(18)10(2)21-7-6-12(17)19-14(3,4)5/h8,10H,6-7H2,1-5H3,(H,15,18)/t10-/m0/s1. The average Bonchev–Trinajstić information content (AvgIpc) is 2.72. The summed E-state index contributed by atoms with van der Waals surface area (Å²) in [5, 5.41) is 6.03. The summed E-state index contributed by atoms with van der Waals surface area (Å²) in [5.74, 6) is 0.421. The highest BCUT2D eigenvalue weighted by atomic mass is 32.2. The molecule has 1 amide bonds. The third-order valence-electron chi connectivity index (χ3n) is 2.34. The maximum atomic E-state index is 11.9. The molecule has 0 radical (unpaired) electrons.